The Morgan fingerprint density at radius 3 is 2.11 bits per heavy atom. The molecule has 0 radical (unpaired) electrons. The summed E-state index contributed by atoms with van der Waals surface area (Å²) in [5.74, 6) is -0.271. The van der Waals surface area contributed by atoms with Crippen LogP contribution in [0.25, 0.3) is 0 Å². The van der Waals surface area contributed by atoms with Gasteiger partial charge >= 0.3 is 0 Å². The summed E-state index contributed by atoms with van der Waals surface area (Å²) in [7, 11) is 1.71. The Hall–Kier alpha value is -1.73. The van der Waals surface area contributed by atoms with Crippen molar-refractivity contribution in [1.82, 2.24) is 10.2 Å². The zero-order valence-corrected chi connectivity index (χ0v) is 30.3. The molecule has 44 heavy (non-hydrogen) atoms. The number of methoxy groups -OCH3 is 1. The van der Waals surface area contributed by atoms with Gasteiger partial charge in [-0.1, -0.05) is 48.5 Å². The summed E-state index contributed by atoms with van der Waals surface area (Å²) in [5.41, 5.74) is 0.0417. The normalized spacial score (nSPS) is 30.7. The smallest absolute Gasteiger partial charge is 0.223 e. The van der Waals surface area contributed by atoms with Crippen LogP contribution >= 0.6 is 0 Å². The third-order valence-corrected chi connectivity index (χ3v) is 8.40. The van der Waals surface area contributed by atoms with E-state index in [0.717, 1.165) is 70.3 Å². The summed E-state index contributed by atoms with van der Waals surface area (Å²) in [5, 5.41) is 11.7. The lowest BCUT2D eigenvalue weighted by Gasteiger charge is -2.37. The van der Waals surface area contributed by atoms with Crippen LogP contribution < -0.4 is 5.32 Å². The van der Waals surface area contributed by atoms with Crippen molar-refractivity contribution in [1.29, 1.82) is 5.26 Å². The minimum atomic E-state index is -0.805. The number of carbonyl (C=O) groups excluding carboxylic acids is 2. The number of nitrogens with zero attached hydrogens (tertiary/aromatic N) is 2. The summed E-state index contributed by atoms with van der Waals surface area (Å²) >= 11 is 0. The lowest BCUT2D eigenvalue weighted by atomic mass is 9.82. The summed E-state index contributed by atoms with van der Waals surface area (Å²) in [6.45, 7) is 24.0. The molecule has 4 atom stereocenters. The molecule has 4 fully saturated rings. The van der Waals surface area contributed by atoms with Crippen molar-refractivity contribution >= 4 is 11.8 Å². The minimum absolute atomic E-state index is 0.0417. The highest BCUT2D eigenvalue weighted by atomic mass is 16.8. The molecule has 4 unspecified atom stereocenters. The number of hydrogen-bond acceptors (Lipinski definition) is 7. The number of carbonyl (C=O) groups is 2. The molecule has 2 amide bonds. The van der Waals surface area contributed by atoms with E-state index in [0.29, 0.717) is 19.6 Å². The standard InChI is InChI=1S/C18H31NO4.C8H12N2O.C5H12O.2C2H6/c1-4-17(3)22-15-6-5-11-21-18(15,23-17)12-19-16(20)14-9-7-13(2)8-10-14;1-2-8(11)10-5-3-4-7(10)6-9;1-5(2,3)6-4;2*1-2/h13-15H,4-12H2,1-3H3,(H,19,20);7H,2-5H2,1H3;1-4H3;2*1-2H3. The fourth-order valence-corrected chi connectivity index (χ4v) is 5.40. The molecule has 1 saturated carbocycles. The number of nitriles is 1. The topological polar surface area (TPSA) is 110 Å². The molecule has 9 nitrogen and oxygen atoms in total. The zero-order chi connectivity index (χ0) is 34.0. The Labute approximate surface area is 270 Å². The molecular weight excluding hydrogens is 558 g/mol. The number of hydrogen-bond donors (Lipinski definition) is 1. The summed E-state index contributed by atoms with van der Waals surface area (Å²) in [6.07, 6.45) is 9.20. The molecule has 4 aliphatic rings. The van der Waals surface area contributed by atoms with Crippen molar-refractivity contribution < 1.29 is 28.5 Å². The van der Waals surface area contributed by atoms with Gasteiger partial charge in [0.25, 0.3) is 0 Å². The van der Waals surface area contributed by atoms with Gasteiger partial charge in [0.05, 0.1) is 24.8 Å². The zero-order valence-electron chi connectivity index (χ0n) is 30.3. The number of rotatable bonds is 5. The molecule has 0 spiro atoms. The maximum Gasteiger partial charge on any atom is 0.223 e. The Morgan fingerprint density at radius 2 is 1.61 bits per heavy atom. The summed E-state index contributed by atoms with van der Waals surface area (Å²) < 4.78 is 23.2. The van der Waals surface area contributed by atoms with Crippen molar-refractivity contribution in [3.8, 4) is 6.07 Å². The van der Waals surface area contributed by atoms with Crippen LogP contribution in [0.1, 0.15) is 140 Å². The van der Waals surface area contributed by atoms with Crippen molar-refractivity contribution in [3.63, 3.8) is 0 Å². The highest BCUT2D eigenvalue weighted by Gasteiger charge is 2.57. The van der Waals surface area contributed by atoms with Crippen LogP contribution in [-0.2, 0) is 28.5 Å². The number of likely N-dealkylation sites (tertiary alicyclic amines) is 1. The van der Waals surface area contributed by atoms with Gasteiger partial charge in [-0.25, -0.2) is 0 Å². The third kappa shape index (κ3) is 13.7. The van der Waals surface area contributed by atoms with Crippen molar-refractivity contribution in [2.45, 2.75) is 170 Å². The molecule has 3 saturated heterocycles. The predicted octanol–water partition coefficient (Wildman–Crippen LogP) is 7.37. The molecule has 4 rings (SSSR count). The quantitative estimate of drug-likeness (QED) is 0.340. The fourth-order valence-electron chi connectivity index (χ4n) is 5.40. The van der Waals surface area contributed by atoms with Gasteiger partial charge in [0.15, 0.2) is 5.79 Å². The van der Waals surface area contributed by atoms with Crippen LogP contribution in [0.4, 0.5) is 0 Å². The molecular formula is C35H67N3O6. The van der Waals surface area contributed by atoms with Gasteiger partial charge < -0.3 is 29.2 Å². The molecule has 9 heteroatoms. The third-order valence-electron chi connectivity index (χ3n) is 8.40. The molecule has 0 aromatic rings. The molecule has 258 valence electrons. The SMILES string of the molecule is CC.CC.CCC(=O)N1CCCC1C#N.CCC1(C)OC2CCCOC2(CNC(=O)C2CCC(C)CC2)O1.COC(C)(C)C. The second-order valence-electron chi connectivity index (χ2n) is 12.7. The average Bonchev–Trinajstić information content (AvgIpc) is 3.64. The van der Waals surface area contributed by atoms with Crippen LogP contribution in [-0.4, -0.2) is 72.8 Å². The van der Waals surface area contributed by atoms with Gasteiger partial charge in [0.2, 0.25) is 17.6 Å². The number of ether oxygens (including phenoxy) is 4. The van der Waals surface area contributed by atoms with Crippen LogP contribution in [0.15, 0.2) is 0 Å². The summed E-state index contributed by atoms with van der Waals surface area (Å²) in [4.78, 5) is 25.3. The maximum atomic E-state index is 12.5. The van der Waals surface area contributed by atoms with Gasteiger partial charge in [-0.15, -0.1) is 0 Å². The first-order chi connectivity index (χ1) is 20.8. The maximum absolute atomic E-state index is 12.5. The first-order valence-corrected chi connectivity index (χ1v) is 17.4. The molecule has 0 aromatic carbocycles. The Balaban J connectivity index is 0.000000732. The van der Waals surface area contributed by atoms with Crippen molar-refractivity contribution in [2.24, 2.45) is 11.8 Å². The van der Waals surface area contributed by atoms with Crippen LogP contribution in [0.3, 0.4) is 0 Å². The molecule has 1 N–H and O–H groups in total. The number of fused-ring (bicyclic) bond motifs is 1. The van der Waals surface area contributed by atoms with E-state index in [1.54, 1.807) is 12.0 Å². The van der Waals surface area contributed by atoms with E-state index >= 15 is 0 Å². The lowest BCUT2D eigenvalue weighted by Crippen LogP contribution is -2.55. The Bertz CT molecular complexity index is 848. The summed E-state index contributed by atoms with van der Waals surface area (Å²) in [6, 6.07) is 1.98. The highest BCUT2D eigenvalue weighted by molar-refractivity contribution is 5.78. The van der Waals surface area contributed by atoms with Gasteiger partial charge in [-0.2, -0.15) is 5.26 Å². The Morgan fingerprint density at radius 1 is 1.02 bits per heavy atom. The van der Waals surface area contributed by atoms with E-state index in [4.69, 9.17) is 24.2 Å². The molecule has 3 heterocycles. The monoisotopic (exact) mass is 626 g/mol. The molecule has 0 aromatic heterocycles. The fraction of sp³-hybridized carbons (Fsp3) is 0.914. The number of nitrogens with one attached hydrogen (secondary N) is 1. The second-order valence-corrected chi connectivity index (χ2v) is 12.7. The molecule has 1 aliphatic carbocycles. The highest BCUT2D eigenvalue weighted by Crippen LogP contribution is 2.43. The van der Waals surface area contributed by atoms with E-state index in [1.165, 1.54) is 0 Å². The van der Waals surface area contributed by atoms with E-state index in [9.17, 15) is 9.59 Å². The van der Waals surface area contributed by atoms with Crippen molar-refractivity contribution in [3.05, 3.63) is 0 Å². The average molecular weight is 626 g/mol. The van der Waals surface area contributed by atoms with E-state index < -0.39 is 11.6 Å². The van der Waals surface area contributed by atoms with Crippen molar-refractivity contribution in [2.75, 3.05) is 26.8 Å². The Kier molecular flexibility index (Phi) is 20.3. The first kappa shape index (κ1) is 42.3. The van der Waals surface area contributed by atoms with Gasteiger partial charge in [0, 0.05) is 26.0 Å². The molecule has 0 bridgehead atoms. The van der Waals surface area contributed by atoms with Crippen LogP contribution in [0.2, 0.25) is 0 Å². The second kappa shape index (κ2) is 21.1. The van der Waals surface area contributed by atoms with Crippen LogP contribution in [0.5, 0.6) is 0 Å². The first-order valence-electron chi connectivity index (χ1n) is 17.4. The minimum Gasteiger partial charge on any atom is -0.379 e. The van der Waals surface area contributed by atoms with E-state index in [-0.39, 0.29) is 35.5 Å². The predicted molar refractivity (Wildman–Crippen MR) is 177 cm³/mol. The van der Waals surface area contributed by atoms with Gasteiger partial charge in [0.1, 0.15) is 12.1 Å². The van der Waals surface area contributed by atoms with Gasteiger partial charge in [-0.05, 0) is 91.4 Å². The van der Waals surface area contributed by atoms with Crippen LogP contribution in [0, 0.1) is 23.2 Å². The van der Waals surface area contributed by atoms with E-state index in [1.807, 2.05) is 69.2 Å². The molecule has 3 aliphatic heterocycles. The number of amides is 2. The van der Waals surface area contributed by atoms with Gasteiger partial charge in [-0.3, -0.25) is 9.59 Å². The largest absolute Gasteiger partial charge is 0.379 e. The lowest BCUT2D eigenvalue weighted by molar-refractivity contribution is -0.266. The van der Waals surface area contributed by atoms with E-state index in [2.05, 4.69) is 18.3 Å².